The van der Waals surface area contributed by atoms with E-state index in [1.165, 1.54) is 12.1 Å². The van der Waals surface area contributed by atoms with E-state index in [4.69, 9.17) is 10.2 Å². The summed E-state index contributed by atoms with van der Waals surface area (Å²) < 4.78 is 0. The van der Waals surface area contributed by atoms with Crippen LogP contribution >= 0.6 is 0 Å². The van der Waals surface area contributed by atoms with Crippen LogP contribution in [0.15, 0.2) is 24.3 Å². The lowest BCUT2D eigenvalue weighted by molar-refractivity contribution is -0.144. The lowest BCUT2D eigenvalue weighted by atomic mass is 9.90. The first-order chi connectivity index (χ1) is 8.01. The van der Waals surface area contributed by atoms with Gasteiger partial charge in [-0.05, 0) is 23.6 Å². The van der Waals surface area contributed by atoms with E-state index in [0.717, 1.165) is 0 Å². The predicted molar refractivity (Wildman–Crippen MR) is 55.5 cm³/mol. The molecule has 0 aliphatic heterocycles. The second-order valence-electron chi connectivity index (χ2n) is 4.64. The summed E-state index contributed by atoms with van der Waals surface area (Å²) in [7, 11) is 0. The summed E-state index contributed by atoms with van der Waals surface area (Å²) in [6.45, 7) is 0. The topological polar surface area (TPSA) is 94.8 Å². The van der Waals surface area contributed by atoms with Crippen molar-refractivity contribution in [3.05, 3.63) is 29.8 Å². The molecule has 3 rings (SSSR count). The Hall–Kier alpha value is -2.04. The highest BCUT2D eigenvalue weighted by atomic mass is 16.4. The highest BCUT2D eigenvalue weighted by Crippen LogP contribution is 2.84. The lowest BCUT2D eigenvalue weighted by Gasteiger charge is -2.14. The Balaban J connectivity index is 2.00. The fourth-order valence-electron chi connectivity index (χ4n) is 3.18. The first-order valence-electron chi connectivity index (χ1n) is 5.26. The molecule has 2 saturated carbocycles. The fourth-order valence-corrected chi connectivity index (χ4v) is 3.18. The number of carboxylic acid groups (broad SMARTS) is 2. The molecule has 0 amide bonds. The number of rotatable bonds is 3. The van der Waals surface area contributed by atoms with E-state index in [1.807, 2.05) is 0 Å². The molecule has 2 atom stereocenters. The van der Waals surface area contributed by atoms with E-state index in [0.29, 0.717) is 5.56 Å². The normalized spacial score (nSPS) is 37.1. The number of fused-ring (bicyclic) bond motifs is 1. The Labute approximate surface area is 96.3 Å². The van der Waals surface area contributed by atoms with Crippen molar-refractivity contribution < 1.29 is 24.9 Å². The average molecular weight is 234 g/mol. The van der Waals surface area contributed by atoms with Crippen molar-refractivity contribution >= 4 is 11.9 Å². The number of carbonyl (C=O) groups is 2. The number of phenolic OH excluding ortho intramolecular Hbond substituents is 1. The van der Waals surface area contributed by atoms with Crippen molar-refractivity contribution in [1.29, 1.82) is 0 Å². The van der Waals surface area contributed by atoms with Crippen LogP contribution in [0.25, 0.3) is 0 Å². The molecule has 5 heteroatoms. The molecule has 2 aliphatic rings. The van der Waals surface area contributed by atoms with Gasteiger partial charge in [-0.2, -0.15) is 0 Å². The van der Waals surface area contributed by atoms with Crippen LogP contribution in [-0.2, 0) is 15.0 Å². The van der Waals surface area contributed by atoms with Gasteiger partial charge >= 0.3 is 11.9 Å². The van der Waals surface area contributed by atoms with Crippen LogP contribution < -0.4 is 0 Å². The summed E-state index contributed by atoms with van der Waals surface area (Å²) in [6, 6.07) is 6.22. The van der Waals surface area contributed by atoms with Crippen LogP contribution in [0.3, 0.4) is 0 Å². The molecule has 17 heavy (non-hydrogen) atoms. The highest BCUT2D eigenvalue weighted by molar-refractivity contribution is 5.92. The summed E-state index contributed by atoms with van der Waals surface area (Å²) in [6.07, 6.45) is 0. The van der Waals surface area contributed by atoms with Crippen molar-refractivity contribution in [1.82, 2.24) is 0 Å². The Morgan fingerprint density at radius 1 is 1.12 bits per heavy atom. The molecule has 5 nitrogen and oxygen atoms in total. The van der Waals surface area contributed by atoms with Crippen LogP contribution in [0.2, 0.25) is 0 Å². The van der Waals surface area contributed by atoms with Gasteiger partial charge in [0.25, 0.3) is 0 Å². The largest absolute Gasteiger partial charge is 0.508 e. The Kier molecular flexibility index (Phi) is 1.67. The van der Waals surface area contributed by atoms with Gasteiger partial charge in [-0.15, -0.1) is 0 Å². The van der Waals surface area contributed by atoms with Gasteiger partial charge in [-0.25, -0.2) is 0 Å². The van der Waals surface area contributed by atoms with E-state index >= 15 is 0 Å². The molecule has 0 saturated heterocycles. The van der Waals surface area contributed by atoms with Crippen molar-refractivity contribution in [2.75, 3.05) is 0 Å². The number of hydrogen-bond acceptors (Lipinski definition) is 3. The number of benzene rings is 1. The molecule has 0 radical (unpaired) electrons. The molecule has 0 unspecified atom stereocenters. The van der Waals surface area contributed by atoms with Gasteiger partial charge in [0.15, 0.2) is 0 Å². The average Bonchev–Trinajstić information content (AvgIpc) is 3.02. The molecular formula is C12H10O5. The minimum absolute atomic E-state index is 0.0303. The first kappa shape index (κ1) is 10.1. The number of aliphatic carboxylic acids is 2. The lowest BCUT2D eigenvalue weighted by Crippen LogP contribution is -2.25. The third-order valence-corrected chi connectivity index (χ3v) is 3.96. The zero-order chi connectivity index (χ0) is 12.4. The molecule has 0 spiro atoms. The maximum absolute atomic E-state index is 11.0. The van der Waals surface area contributed by atoms with E-state index in [2.05, 4.69) is 0 Å². The molecule has 0 aromatic heterocycles. The van der Waals surface area contributed by atoms with Crippen molar-refractivity contribution in [3.8, 4) is 5.75 Å². The second kappa shape index (κ2) is 2.80. The molecule has 3 N–H and O–H groups in total. The van der Waals surface area contributed by atoms with E-state index in [-0.39, 0.29) is 11.7 Å². The number of aromatic hydroxyl groups is 1. The summed E-state index contributed by atoms with van der Waals surface area (Å²) >= 11 is 0. The number of carboxylic acids is 2. The molecular weight excluding hydrogens is 224 g/mol. The molecule has 1 aromatic rings. The minimum atomic E-state index is -0.962. The summed E-state index contributed by atoms with van der Waals surface area (Å²) in [5.41, 5.74) is -0.168. The summed E-state index contributed by atoms with van der Waals surface area (Å²) in [5.74, 6) is -3.45. The van der Waals surface area contributed by atoms with Crippen LogP contribution in [0.5, 0.6) is 5.75 Å². The zero-order valence-electron chi connectivity index (χ0n) is 8.70. The Morgan fingerprint density at radius 3 is 2.18 bits per heavy atom. The standard InChI is InChI=1S/C12H10O5/c13-6-3-1-2-5(4-6)12-7(8(12)10(14)15)9(12)11(16)17/h1-4,7-9,13H,(H,14,15)(H,16,17)/t7?,8-,9-,12?/m0/s1. The van der Waals surface area contributed by atoms with Crippen molar-refractivity contribution in [2.45, 2.75) is 5.41 Å². The van der Waals surface area contributed by atoms with Gasteiger partial charge in [0.1, 0.15) is 5.75 Å². The van der Waals surface area contributed by atoms with E-state index < -0.39 is 29.2 Å². The predicted octanol–water partition coefficient (Wildman–Crippen LogP) is 0.675. The summed E-state index contributed by atoms with van der Waals surface area (Å²) in [4.78, 5) is 22.0. The molecule has 88 valence electrons. The van der Waals surface area contributed by atoms with Gasteiger partial charge in [-0.3, -0.25) is 9.59 Å². The molecule has 2 aliphatic carbocycles. The quantitative estimate of drug-likeness (QED) is 0.714. The minimum Gasteiger partial charge on any atom is -0.508 e. The second-order valence-corrected chi connectivity index (χ2v) is 4.64. The zero-order valence-corrected chi connectivity index (χ0v) is 8.70. The maximum Gasteiger partial charge on any atom is 0.307 e. The van der Waals surface area contributed by atoms with Gasteiger partial charge in [0, 0.05) is 5.41 Å². The molecule has 0 bridgehead atoms. The molecule has 1 aromatic carbocycles. The van der Waals surface area contributed by atoms with Crippen LogP contribution in [0, 0.1) is 17.8 Å². The Morgan fingerprint density at radius 2 is 1.71 bits per heavy atom. The van der Waals surface area contributed by atoms with Crippen molar-refractivity contribution in [3.63, 3.8) is 0 Å². The fraction of sp³-hybridized carbons (Fsp3) is 0.333. The number of hydrogen-bond donors (Lipinski definition) is 3. The third kappa shape index (κ3) is 1.03. The first-order valence-corrected chi connectivity index (χ1v) is 5.26. The van der Waals surface area contributed by atoms with E-state index in [1.54, 1.807) is 12.1 Å². The number of phenols is 1. The Bertz CT molecular complexity index is 513. The SMILES string of the molecule is O=C(O)[C@@H]1C2[C@@H](C(=O)O)C21c1cccc(O)c1. The van der Waals surface area contributed by atoms with Crippen LogP contribution in [0.1, 0.15) is 5.56 Å². The van der Waals surface area contributed by atoms with Crippen LogP contribution in [-0.4, -0.2) is 27.3 Å². The molecule has 2 fully saturated rings. The van der Waals surface area contributed by atoms with Gasteiger partial charge < -0.3 is 15.3 Å². The van der Waals surface area contributed by atoms with Gasteiger partial charge in [-0.1, -0.05) is 12.1 Å². The molecule has 0 heterocycles. The smallest absolute Gasteiger partial charge is 0.307 e. The van der Waals surface area contributed by atoms with Crippen molar-refractivity contribution in [2.24, 2.45) is 17.8 Å². The third-order valence-electron chi connectivity index (χ3n) is 3.96. The highest BCUT2D eigenvalue weighted by Gasteiger charge is 2.92. The summed E-state index contributed by atoms with van der Waals surface area (Å²) in [5, 5.41) is 27.4. The van der Waals surface area contributed by atoms with E-state index in [9.17, 15) is 14.7 Å². The monoisotopic (exact) mass is 234 g/mol. The van der Waals surface area contributed by atoms with Crippen LogP contribution in [0.4, 0.5) is 0 Å². The maximum atomic E-state index is 11.0. The van der Waals surface area contributed by atoms with Gasteiger partial charge in [0.05, 0.1) is 11.8 Å². The van der Waals surface area contributed by atoms with Gasteiger partial charge in [0.2, 0.25) is 0 Å².